The van der Waals surface area contributed by atoms with E-state index in [0.29, 0.717) is 12.1 Å². The molecule has 0 atom stereocenters. The molecule has 0 saturated heterocycles. The van der Waals surface area contributed by atoms with Crippen LogP contribution < -0.4 is 5.32 Å². The third-order valence-electron chi connectivity index (χ3n) is 2.31. The molecule has 2 aromatic heterocycles. The Kier molecular flexibility index (Phi) is 4.16. The van der Waals surface area contributed by atoms with Crippen LogP contribution in [-0.4, -0.2) is 15.9 Å². The highest BCUT2D eigenvalue weighted by Gasteiger charge is 2.10. The molecule has 94 valence electrons. The standard InChI is InChI=1S/C11H9Cl2N3OS/c1-6-9(18-5-16-6)4-15-11(17)7-2-8(12)10(13)14-3-7/h2-3,5H,4H2,1H3,(H,15,17). The Hall–Kier alpha value is -1.17. The Morgan fingerprint density at radius 2 is 2.22 bits per heavy atom. The van der Waals surface area contributed by atoms with Crippen LogP contribution in [0.1, 0.15) is 20.9 Å². The fraction of sp³-hybridized carbons (Fsp3) is 0.182. The van der Waals surface area contributed by atoms with Gasteiger partial charge in [-0.2, -0.15) is 0 Å². The van der Waals surface area contributed by atoms with Crippen LogP contribution in [0.5, 0.6) is 0 Å². The molecular weight excluding hydrogens is 293 g/mol. The van der Waals surface area contributed by atoms with Crippen molar-refractivity contribution in [2.75, 3.05) is 0 Å². The van der Waals surface area contributed by atoms with E-state index in [1.165, 1.54) is 23.6 Å². The van der Waals surface area contributed by atoms with Crippen LogP contribution in [0.25, 0.3) is 0 Å². The second kappa shape index (κ2) is 5.65. The van der Waals surface area contributed by atoms with Crippen molar-refractivity contribution in [2.45, 2.75) is 13.5 Å². The number of carbonyl (C=O) groups is 1. The maximum absolute atomic E-state index is 11.8. The van der Waals surface area contributed by atoms with Gasteiger partial charge in [0.25, 0.3) is 5.91 Å². The molecule has 2 rings (SSSR count). The first-order valence-electron chi connectivity index (χ1n) is 5.06. The predicted molar refractivity (Wildman–Crippen MR) is 72.3 cm³/mol. The van der Waals surface area contributed by atoms with Gasteiger partial charge < -0.3 is 5.32 Å². The third kappa shape index (κ3) is 2.98. The molecule has 0 aromatic carbocycles. The minimum atomic E-state index is -0.242. The molecule has 4 nitrogen and oxygen atoms in total. The smallest absolute Gasteiger partial charge is 0.253 e. The van der Waals surface area contributed by atoms with E-state index in [1.54, 1.807) is 5.51 Å². The summed E-state index contributed by atoms with van der Waals surface area (Å²) in [6.07, 6.45) is 1.39. The zero-order valence-electron chi connectivity index (χ0n) is 9.41. The van der Waals surface area contributed by atoms with Gasteiger partial charge in [0, 0.05) is 11.1 Å². The predicted octanol–water partition coefficient (Wildman–Crippen LogP) is 3.08. The highest BCUT2D eigenvalue weighted by molar-refractivity contribution is 7.09. The zero-order chi connectivity index (χ0) is 13.1. The number of aryl methyl sites for hydroxylation is 1. The van der Waals surface area contributed by atoms with Gasteiger partial charge in [-0.3, -0.25) is 4.79 Å². The number of pyridine rings is 1. The molecule has 0 radical (unpaired) electrons. The second-order valence-corrected chi connectivity index (χ2v) is 5.24. The van der Waals surface area contributed by atoms with Gasteiger partial charge in [-0.15, -0.1) is 11.3 Å². The van der Waals surface area contributed by atoms with Crippen LogP contribution in [0.2, 0.25) is 10.2 Å². The number of aromatic nitrogens is 2. The summed E-state index contributed by atoms with van der Waals surface area (Å²) in [4.78, 5) is 20.8. The van der Waals surface area contributed by atoms with Crippen molar-refractivity contribution in [2.24, 2.45) is 0 Å². The average molecular weight is 302 g/mol. The number of carbonyl (C=O) groups excluding carboxylic acids is 1. The van der Waals surface area contributed by atoms with Gasteiger partial charge in [-0.1, -0.05) is 23.2 Å². The van der Waals surface area contributed by atoms with Crippen molar-refractivity contribution >= 4 is 40.4 Å². The Labute approximate surface area is 118 Å². The lowest BCUT2D eigenvalue weighted by atomic mass is 10.2. The normalized spacial score (nSPS) is 10.4. The Bertz CT molecular complexity index is 585. The Morgan fingerprint density at radius 3 is 2.83 bits per heavy atom. The summed E-state index contributed by atoms with van der Waals surface area (Å²) in [5.41, 5.74) is 3.05. The number of halogens is 2. The summed E-state index contributed by atoms with van der Waals surface area (Å²) in [7, 11) is 0. The van der Waals surface area contributed by atoms with Gasteiger partial charge in [0.15, 0.2) is 0 Å². The van der Waals surface area contributed by atoms with Gasteiger partial charge in [-0.25, -0.2) is 9.97 Å². The lowest BCUT2D eigenvalue weighted by molar-refractivity contribution is 0.0951. The maximum Gasteiger partial charge on any atom is 0.253 e. The summed E-state index contributed by atoms with van der Waals surface area (Å²) >= 11 is 13.0. The summed E-state index contributed by atoms with van der Waals surface area (Å²) in [5.74, 6) is -0.242. The molecule has 0 aliphatic heterocycles. The topological polar surface area (TPSA) is 54.9 Å². The van der Waals surface area contributed by atoms with Gasteiger partial charge in [0.1, 0.15) is 5.15 Å². The Morgan fingerprint density at radius 1 is 1.44 bits per heavy atom. The molecule has 0 aliphatic carbocycles. The van der Waals surface area contributed by atoms with Crippen molar-refractivity contribution in [3.05, 3.63) is 44.1 Å². The number of nitrogens with zero attached hydrogens (tertiary/aromatic N) is 2. The highest BCUT2D eigenvalue weighted by atomic mass is 35.5. The van der Waals surface area contributed by atoms with Crippen LogP contribution in [0.4, 0.5) is 0 Å². The molecule has 0 spiro atoms. The van der Waals surface area contributed by atoms with E-state index < -0.39 is 0 Å². The van der Waals surface area contributed by atoms with Gasteiger partial charge >= 0.3 is 0 Å². The summed E-state index contributed by atoms with van der Waals surface area (Å²) in [5, 5.41) is 3.23. The average Bonchev–Trinajstić information content (AvgIpc) is 2.75. The van der Waals surface area contributed by atoms with Crippen LogP contribution >= 0.6 is 34.5 Å². The molecule has 2 heterocycles. The first-order valence-corrected chi connectivity index (χ1v) is 6.69. The number of rotatable bonds is 3. The van der Waals surface area contributed by atoms with Crippen LogP contribution in [0.15, 0.2) is 17.8 Å². The minimum absolute atomic E-state index is 0.187. The summed E-state index contributed by atoms with van der Waals surface area (Å²) in [6, 6.07) is 1.49. The molecule has 0 bridgehead atoms. The van der Waals surface area contributed by atoms with Crippen molar-refractivity contribution in [1.82, 2.24) is 15.3 Å². The van der Waals surface area contributed by atoms with E-state index in [9.17, 15) is 4.79 Å². The maximum atomic E-state index is 11.8. The molecule has 0 saturated carbocycles. The number of nitrogens with one attached hydrogen (secondary N) is 1. The lowest BCUT2D eigenvalue weighted by Gasteiger charge is -2.04. The third-order valence-corrected chi connectivity index (χ3v) is 3.93. The zero-order valence-corrected chi connectivity index (χ0v) is 11.7. The number of thiazole rings is 1. The molecule has 7 heteroatoms. The second-order valence-electron chi connectivity index (χ2n) is 3.54. The van der Waals surface area contributed by atoms with E-state index in [0.717, 1.165) is 10.6 Å². The molecule has 1 amide bonds. The monoisotopic (exact) mass is 301 g/mol. The quantitative estimate of drug-likeness (QED) is 0.886. The van der Waals surface area contributed by atoms with Crippen molar-refractivity contribution in [1.29, 1.82) is 0 Å². The summed E-state index contributed by atoms with van der Waals surface area (Å²) < 4.78 is 0. The van der Waals surface area contributed by atoms with Crippen LogP contribution in [-0.2, 0) is 6.54 Å². The highest BCUT2D eigenvalue weighted by Crippen LogP contribution is 2.19. The first-order chi connectivity index (χ1) is 8.58. The fourth-order valence-corrected chi connectivity index (χ4v) is 2.29. The largest absolute Gasteiger partial charge is 0.347 e. The minimum Gasteiger partial charge on any atom is -0.347 e. The molecular formula is C11H9Cl2N3OS. The lowest BCUT2D eigenvalue weighted by Crippen LogP contribution is -2.22. The Balaban J connectivity index is 2.04. The van der Waals surface area contributed by atoms with E-state index in [-0.39, 0.29) is 16.1 Å². The van der Waals surface area contributed by atoms with Crippen molar-refractivity contribution in [3.8, 4) is 0 Å². The van der Waals surface area contributed by atoms with E-state index in [4.69, 9.17) is 23.2 Å². The van der Waals surface area contributed by atoms with Crippen molar-refractivity contribution in [3.63, 3.8) is 0 Å². The molecule has 0 unspecified atom stereocenters. The molecule has 0 fully saturated rings. The van der Waals surface area contributed by atoms with Crippen LogP contribution in [0.3, 0.4) is 0 Å². The van der Waals surface area contributed by atoms with E-state index >= 15 is 0 Å². The number of hydrogen-bond acceptors (Lipinski definition) is 4. The van der Waals surface area contributed by atoms with E-state index in [1.807, 2.05) is 6.92 Å². The molecule has 18 heavy (non-hydrogen) atoms. The fourth-order valence-electron chi connectivity index (χ4n) is 1.30. The van der Waals surface area contributed by atoms with Crippen LogP contribution in [0, 0.1) is 6.92 Å². The molecule has 2 aromatic rings. The van der Waals surface area contributed by atoms with Gasteiger partial charge in [0.05, 0.1) is 28.3 Å². The molecule has 1 N–H and O–H groups in total. The van der Waals surface area contributed by atoms with Crippen molar-refractivity contribution < 1.29 is 4.79 Å². The van der Waals surface area contributed by atoms with Gasteiger partial charge in [0.2, 0.25) is 0 Å². The van der Waals surface area contributed by atoms with Gasteiger partial charge in [-0.05, 0) is 13.0 Å². The van der Waals surface area contributed by atoms with E-state index in [2.05, 4.69) is 15.3 Å². The first kappa shape index (κ1) is 13.3. The SMILES string of the molecule is Cc1ncsc1CNC(=O)c1cnc(Cl)c(Cl)c1. The molecule has 0 aliphatic rings. The number of hydrogen-bond donors (Lipinski definition) is 1. The summed E-state index contributed by atoms with van der Waals surface area (Å²) in [6.45, 7) is 2.34. The number of amides is 1.